The van der Waals surface area contributed by atoms with Gasteiger partial charge in [-0.05, 0) is 43.9 Å². The van der Waals surface area contributed by atoms with Gasteiger partial charge in [0.25, 0.3) is 5.91 Å². The van der Waals surface area contributed by atoms with Gasteiger partial charge in [-0.15, -0.1) is 0 Å². The Morgan fingerprint density at radius 1 is 1.22 bits per heavy atom. The molecule has 0 saturated carbocycles. The van der Waals surface area contributed by atoms with Gasteiger partial charge >= 0.3 is 0 Å². The molecule has 0 unspecified atom stereocenters. The molecule has 0 aliphatic rings. The van der Waals surface area contributed by atoms with Crippen molar-refractivity contribution in [3.63, 3.8) is 0 Å². The maximum absolute atomic E-state index is 11.7. The van der Waals surface area contributed by atoms with Crippen molar-refractivity contribution in [3.05, 3.63) is 54.0 Å². The second kappa shape index (κ2) is 5.51. The minimum Gasteiger partial charge on any atom is -0.459 e. The van der Waals surface area contributed by atoms with Crippen molar-refractivity contribution in [1.29, 1.82) is 0 Å². The Morgan fingerprint density at radius 3 is 2.50 bits per heavy atom. The van der Waals surface area contributed by atoms with Crippen LogP contribution in [0.1, 0.15) is 16.1 Å². The van der Waals surface area contributed by atoms with E-state index in [9.17, 15) is 4.79 Å². The highest BCUT2D eigenvalue weighted by atomic mass is 16.3. The first kappa shape index (κ1) is 12.4. The van der Waals surface area contributed by atoms with Crippen molar-refractivity contribution in [2.45, 2.75) is 6.54 Å². The summed E-state index contributed by atoms with van der Waals surface area (Å²) in [6, 6.07) is 11.1. The molecular formula is C14H16N2O2. The summed E-state index contributed by atoms with van der Waals surface area (Å²) in [6.45, 7) is 0.881. The first-order valence-electron chi connectivity index (χ1n) is 5.73. The molecule has 0 bridgehead atoms. The van der Waals surface area contributed by atoms with Gasteiger partial charge in [0.1, 0.15) is 0 Å². The monoisotopic (exact) mass is 244 g/mol. The van der Waals surface area contributed by atoms with Crippen LogP contribution in [0.25, 0.3) is 0 Å². The van der Waals surface area contributed by atoms with Gasteiger partial charge in [-0.25, -0.2) is 0 Å². The number of hydrogen-bond acceptors (Lipinski definition) is 3. The molecule has 1 aromatic heterocycles. The van der Waals surface area contributed by atoms with Crippen LogP contribution in [0.15, 0.2) is 47.1 Å². The van der Waals surface area contributed by atoms with Crippen molar-refractivity contribution >= 4 is 11.6 Å². The van der Waals surface area contributed by atoms with E-state index in [1.54, 1.807) is 12.1 Å². The zero-order valence-electron chi connectivity index (χ0n) is 10.5. The number of rotatable bonds is 4. The summed E-state index contributed by atoms with van der Waals surface area (Å²) in [5.74, 6) is 0.0766. The van der Waals surface area contributed by atoms with E-state index >= 15 is 0 Å². The Bertz CT molecular complexity index is 501. The van der Waals surface area contributed by atoms with Gasteiger partial charge in [0.05, 0.1) is 6.26 Å². The maximum Gasteiger partial charge on any atom is 0.291 e. The van der Waals surface area contributed by atoms with Gasteiger partial charge in [-0.2, -0.15) is 0 Å². The molecule has 0 aliphatic heterocycles. The lowest BCUT2D eigenvalue weighted by atomic mass is 10.2. The molecule has 1 heterocycles. The molecule has 0 fully saturated rings. The summed E-state index contributed by atoms with van der Waals surface area (Å²) in [7, 11) is 4.04. The molecule has 0 spiro atoms. The van der Waals surface area contributed by atoms with Crippen molar-refractivity contribution < 1.29 is 9.21 Å². The Hall–Kier alpha value is -2.07. The normalized spacial score (nSPS) is 10.6. The fraction of sp³-hybridized carbons (Fsp3) is 0.214. The van der Waals surface area contributed by atoms with Gasteiger partial charge < -0.3 is 14.6 Å². The number of furan rings is 1. The molecule has 1 amide bonds. The van der Waals surface area contributed by atoms with E-state index < -0.39 is 0 Å². The lowest BCUT2D eigenvalue weighted by Gasteiger charge is -2.10. The largest absolute Gasteiger partial charge is 0.459 e. The Labute approximate surface area is 106 Å². The van der Waals surface area contributed by atoms with E-state index in [1.165, 1.54) is 11.8 Å². The average molecular weight is 244 g/mol. The maximum atomic E-state index is 11.7. The molecule has 0 atom stereocenters. The number of nitrogens with one attached hydrogen (secondary N) is 1. The fourth-order valence-electron chi connectivity index (χ4n) is 1.66. The lowest BCUT2D eigenvalue weighted by Crippen LogP contribution is -2.12. The molecule has 2 aromatic rings. The first-order valence-corrected chi connectivity index (χ1v) is 5.73. The highest BCUT2D eigenvalue weighted by molar-refractivity contribution is 6.02. The van der Waals surface area contributed by atoms with Crippen LogP contribution in [-0.4, -0.2) is 24.9 Å². The van der Waals surface area contributed by atoms with Gasteiger partial charge in [0.2, 0.25) is 0 Å². The Kier molecular flexibility index (Phi) is 3.79. The molecule has 4 heteroatoms. The molecule has 0 radical (unpaired) electrons. The summed E-state index contributed by atoms with van der Waals surface area (Å²) >= 11 is 0. The number of benzene rings is 1. The van der Waals surface area contributed by atoms with Crippen LogP contribution >= 0.6 is 0 Å². The predicted molar refractivity (Wildman–Crippen MR) is 70.5 cm³/mol. The standard InChI is InChI=1S/C14H16N2O2/c1-16(2)10-11-5-7-12(8-6-11)15-14(17)13-4-3-9-18-13/h3-9H,10H2,1-2H3,(H,15,17). The van der Waals surface area contributed by atoms with Gasteiger partial charge in [0, 0.05) is 12.2 Å². The second-order valence-electron chi connectivity index (χ2n) is 4.37. The minimum absolute atomic E-state index is 0.236. The van der Waals surface area contributed by atoms with Crippen LogP contribution < -0.4 is 5.32 Å². The van der Waals surface area contributed by atoms with E-state index in [-0.39, 0.29) is 5.91 Å². The molecule has 1 N–H and O–H groups in total. The van der Waals surface area contributed by atoms with Gasteiger partial charge in [0.15, 0.2) is 5.76 Å². The number of carbonyl (C=O) groups is 1. The summed E-state index contributed by atoms with van der Waals surface area (Å²) in [6.07, 6.45) is 1.48. The number of anilines is 1. The first-order chi connectivity index (χ1) is 8.65. The number of carbonyl (C=O) groups excluding carboxylic acids is 1. The zero-order chi connectivity index (χ0) is 13.0. The van der Waals surface area contributed by atoms with Crippen LogP contribution in [0.5, 0.6) is 0 Å². The highest BCUT2D eigenvalue weighted by Gasteiger charge is 2.08. The molecule has 4 nitrogen and oxygen atoms in total. The van der Waals surface area contributed by atoms with E-state index in [0.717, 1.165) is 12.2 Å². The van der Waals surface area contributed by atoms with Crippen LogP contribution in [0, 0.1) is 0 Å². The third kappa shape index (κ3) is 3.21. The third-order valence-electron chi connectivity index (χ3n) is 2.46. The Morgan fingerprint density at radius 2 is 1.94 bits per heavy atom. The van der Waals surface area contributed by atoms with Crippen LogP contribution in [0.4, 0.5) is 5.69 Å². The van der Waals surface area contributed by atoms with E-state index in [1.807, 2.05) is 38.4 Å². The summed E-state index contributed by atoms with van der Waals surface area (Å²) < 4.78 is 5.03. The summed E-state index contributed by atoms with van der Waals surface area (Å²) in [5.41, 5.74) is 1.97. The second-order valence-corrected chi connectivity index (χ2v) is 4.37. The molecule has 0 saturated heterocycles. The van der Waals surface area contributed by atoms with Crippen LogP contribution in [-0.2, 0) is 6.54 Å². The topological polar surface area (TPSA) is 45.5 Å². The predicted octanol–water partition coefficient (Wildman–Crippen LogP) is 2.59. The van der Waals surface area contributed by atoms with E-state index in [4.69, 9.17) is 4.42 Å². The fourth-order valence-corrected chi connectivity index (χ4v) is 1.66. The zero-order valence-corrected chi connectivity index (χ0v) is 10.5. The SMILES string of the molecule is CN(C)Cc1ccc(NC(=O)c2ccco2)cc1. The van der Waals surface area contributed by atoms with E-state index in [2.05, 4.69) is 10.2 Å². The Balaban J connectivity index is 2.00. The quantitative estimate of drug-likeness (QED) is 0.899. The molecule has 0 aliphatic carbocycles. The average Bonchev–Trinajstić information content (AvgIpc) is 2.84. The van der Waals surface area contributed by atoms with Crippen molar-refractivity contribution in [3.8, 4) is 0 Å². The lowest BCUT2D eigenvalue weighted by molar-refractivity contribution is 0.0996. The summed E-state index contributed by atoms with van der Waals surface area (Å²) in [5, 5.41) is 2.78. The van der Waals surface area contributed by atoms with Crippen molar-refractivity contribution in [2.24, 2.45) is 0 Å². The summed E-state index contributed by atoms with van der Waals surface area (Å²) in [4.78, 5) is 13.8. The van der Waals surface area contributed by atoms with Crippen molar-refractivity contribution in [1.82, 2.24) is 4.90 Å². The molecule has 94 valence electrons. The third-order valence-corrected chi connectivity index (χ3v) is 2.46. The highest BCUT2D eigenvalue weighted by Crippen LogP contribution is 2.12. The van der Waals surface area contributed by atoms with E-state index in [0.29, 0.717) is 5.76 Å². The minimum atomic E-state index is -0.236. The number of hydrogen-bond donors (Lipinski definition) is 1. The van der Waals surface area contributed by atoms with Crippen LogP contribution in [0.3, 0.4) is 0 Å². The smallest absolute Gasteiger partial charge is 0.291 e. The molecule has 18 heavy (non-hydrogen) atoms. The van der Waals surface area contributed by atoms with Crippen molar-refractivity contribution in [2.75, 3.05) is 19.4 Å². The number of amides is 1. The van der Waals surface area contributed by atoms with Crippen LogP contribution in [0.2, 0.25) is 0 Å². The van der Waals surface area contributed by atoms with Gasteiger partial charge in [-0.3, -0.25) is 4.79 Å². The van der Waals surface area contributed by atoms with Gasteiger partial charge in [-0.1, -0.05) is 12.1 Å². The molecule has 2 rings (SSSR count). The molecular weight excluding hydrogens is 228 g/mol. The molecule has 1 aromatic carbocycles. The number of nitrogens with zero attached hydrogens (tertiary/aromatic N) is 1.